The molecule has 0 heterocycles. The molecule has 0 aromatic carbocycles. The quantitative estimate of drug-likeness (QED) is 0.0328. The molecule has 0 aromatic heterocycles. The number of aliphatic hydroxyl groups excluding tert-OH is 2. The Kier molecular flexibility index (Phi) is 40.8. The summed E-state index contributed by atoms with van der Waals surface area (Å²) in [5, 5.41) is 23.5. The largest absolute Gasteiger partial charge is 0.462 e. The second kappa shape index (κ2) is 42.7. The average Bonchev–Trinajstić information content (AvgIpc) is 3.18. The molecular weight excluding hydrogens is 683 g/mol. The second-order valence-electron chi connectivity index (χ2n) is 15.4. The Morgan fingerprint density at radius 3 is 1.45 bits per heavy atom. The van der Waals surface area contributed by atoms with Gasteiger partial charge in [0, 0.05) is 6.42 Å². The monoisotopic (exact) mass is 770 g/mol. The van der Waals surface area contributed by atoms with Crippen LogP contribution in [0.4, 0.5) is 0 Å². The van der Waals surface area contributed by atoms with Crippen molar-refractivity contribution in [1.29, 1.82) is 0 Å². The van der Waals surface area contributed by atoms with Gasteiger partial charge in [-0.2, -0.15) is 0 Å². The van der Waals surface area contributed by atoms with E-state index in [0.29, 0.717) is 25.7 Å². The number of hydrogen-bond donors (Lipinski definition) is 3. The minimum absolute atomic E-state index is 0.0432. The van der Waals surface area contributed by atoms with E-state index < -0.39 is 18.2 Å². The summed E-state index contributed by atoms with van der Waals surface area (Å²) in [5.74, 6) is -0.563. The molecule has 0 spiro atoms. The van der Waals surface area contributed by atoms with Gasteiger partial charge in [-0.25, -0.2) is 0 Å². The lowest BCUT2D eigenvalue weighted by Crippen LogP contribution is -2.46. The van der Waals surface area contributed by atoms with Gasteiger partial charge in [-0.15, -0.1) is 0 Å². The number of esters is 1. The first-order valence-corrected chi connectivity index (χ1v) is 23.0. The molecule has 6 nitrogen and oxygen atoms in total. The highest BCUT2D eigenvalue weighted by Gasteiger charge is 2.24. The van der Waals surface area contributed by atoms with Gasteiger partial charge in [-0.1, -0.05) is 171 Å². The molecule has 0 aliphatic heterocycles. The fourth-order valence-corrected chi connectivity index (χ4v) is 6.53. The van der Waals surface area contributed by atoms with Crippen LogP contribution in [0.15, 0.2) is 60.8 Å². The van der Waals surface area contributed by atoms with Crippen LogP contribution in [0.5, 0.6) is 0 Å². The van der Waals surface area contributed by atoms with E-state index >= 15 is 0 Å². The van der Waals surface area contributed by atoms with Gasteiger partial charge >= 0.3 is 5.97 Å². The Balaban J connectivity index is 4.66. The number of amides is 1. The first kappa shape index (κ1) is 52.6. The molecule has 3 atom stereocenters. The SMILES string of the molecule is CCCCC/C=C\C/C=C\C/C=C\C/C=C\CCCC(=O)OC(CCCCC/C=C\CCCCC)CC(=O)NC(CO)C(O)CCCCCCCCCCC. The van der Waals surface area contributed by atoms with E-state index in [0.717, 1.165) is 77.0 Å². The Labute approximate surface area is 339 Å². The smallest absolute Gasteiger partial charge is 0.306 e. The third-order valence-electron chi connectivity index (χ3n) is 10.1. The molecule has 318 valence electrons. The highest BCUT2D eigenvalue weighted by Crippen LogP contribution is 2.16. The fraction of sp³-hybridized carbons (Fsp3) is 0.755. The molecule has 0 aliphatic rings. The van der Waals surface area contributed by atoms with Crippen molar-refractivity contribution in [1.82, 2.24) is 5.32 Å². The van der Waals surface area contributed by atoms with E-state index in [1.165, 1.54) is 83.5 Å². The van der Waals surface area contributed by atoms with Crippen LogP contribution in [-0.2, 0) is 14.3 Å². The first-order valence-electron chi connectivity index (χ1n) is 23.0. The molecule has 1 amide bonds. The molecule has 6 heteroatoms. The minimum atomic E-state index is -0.799. The van der Waals surface area contributed by atoms with Crippen molar-refractivity contribution in [3.05, 3.63) is 60.8 Å². The van der Waals surface area contributed by atoms with E-state index in [4.69, 9.17) is 4.74 Å². The number of ether oxygens (including phenoxy) is 1. The average molecular weight is 770 g/mol. The van der Waals surface area contributed by atoms with Crippen LogP contribution in [-0.4, -0.2) is 46.9 Å². The molecular formula is C49H87NO5. The number of allylic oxidation sites excluding steroid dienone is 10. The van der Waals surface area contributed by atoms with Crippen LogP contribution < -0.4 is 5.32 Å². The predicted octanol–water partition coefficient (Wildman–Crippen LogP) is 13.3. The number of carbonyl (C=O) groups is 2. The number of nitrogens with one attached hydrogen (secondary N) is 1. The Morgan fingerprint density at radius 2 is 0.927 bits per heavy atom. The van der Waals surface area contributed by atoms with Crippen LogP contribution in [0.2, 0.25) is 0 Å². The predicted molar refractivity (Wildman–Crippen MR) is 236 cm³/mol. The van der Waals surface area contributed by atoms with Crippen LogP contribution in [0, 0.1) is 0 Å². The second-order valence-corrected chi connectivity index (χ2v) is 15.4. The van der Waals surface area contributed by atoms with Gasteiger partial charge in [-0.05, 0) is 89.9 Å². The lowest BCUT2D eigenvalue weighted by Gasteiger charge is -2.24. The summed E-state index contributed by atoms with van der Waals surface area (Å²) < 4.78 is 5.86. The van der Waals surface area contributed by atoms with Crippen LogP contribution in [0.3, 0.4) is 0 Å². The molecule has 0 radical (unpaired) electrons. The van der Waals surface area contributed by atoms with Gasteiger partial charge in [0.25, 0.3) is 0 Å². The summed E-state index contributed by atoms with van der Waals surface area (Å²) in [4.78, 5) is 25.9. The number of aliphatic hydroxyl groups is 2. The van der Waals surface area contributed by atoms with Crippen molar-refractivity contribution in [3.63, 3.8) is 0 Å². The molecule has 3 N–H and O–H groups in total. The van der Waals surface area contributed by atoms with Gasteiger partial charge in [0.1, 0.15) is 6.10 Å². The lowest BCUT2D eigenvalue weighted by molar-refractivity contribution is -0.151. The Bertz CT molecular complexity index is 999. The third-order valence-corrected chi connectivity index (χ3v) is 10.1. The van der Waals surface area contributed by atoms with Gasteiger partial charge in [0.15, 0.2) is 0 Å². The summed E-state index contributed by atoms with van der Waals surface area (Å²) in [5.41, 5.74) is 0. The number of rotatable bonds is 40. The van der Waals surface area contributed by atoms with Crippen LogP contribution in [0.25, 0.3) is 0 Å². The molecule has 0 fully saturated rings. The Hall–Kier alpha value is -2.44. The maximum atomic E-state index is 13.1. The van der Waals surface area contributed by atoms with Crippen LogP contribution >= 0.6 is 0 Å². The number of carbonyl (C=O) groups excluding carboxylic acids is 2. The summed E-state index contributed by atoms with van der Waals surface area (Å²) in [6.07, 6.45) is 51.4. The molecule has 0 saturated carbocycles. The van der Waals surface area contributed by atoms with Gasteiger partial charge in [-0.3, -0.25) is 9.59 Å². The topological polar surface area (TPSA) is 95.9 Å². The van der Waals surface area contributed by atoms with Crippen molar-refractivity contribution >= 4 is 11.9 Å². The molecule has 0 aliphatic carbocycles. The lowest BCUT2D eigenvalue weighted by atomic mass is 10.0. The van der Waals surface area contributed by atoms with Gasteiger partial charge < -0.3 is 20.3 Å². The summed E-state index contributed by atoms with van der Waals surface area (Å²) >= 11 is 0. The standard InChI is InChI=1S/C49H87NO5/c1-4-7-10-13-16-19-21-22-23-24-25-26-27-30-33-36-39-42-49(54)55-45(40-37-34-31-29-20-17-14-11-8-5-2)43-48(53)50-46(44-51)47(52)41-38-35-32-28-18-15-12-9-6-3/h16-17,19-20,22-23,25-26,30,33,45-47,51-52H,4-15,18,21,24,27-29,31-32,34-44H2,1-3H3,(H,50,53)/b19-16-,20-17-,23-22-,26-25-,33-30-. The van der Waals surface area contributed by atoms with Crippen molar-refractivity contribution in [2.24, 2.45) is 0 Å². The first-order chi connectivity index (χ1) is 27.0. The van der Waals surface area contributed by atoms with E-state index in [9.17, 15) is 19.8 Å². The summed E-state index contributed by atoms with van der Waals surface area (Å²) in [6.45, 7) is 6.37. The van der Waals surface area contributed by atoms with Gasteiger partial charge in [0.2, 0.25) is 5.91 Å². The minimum Gasteiger partial charge on any atom is -0.462 e. The maximum absolute atomic E-state index is 13.1. The zero-order valence-electron chi connectivity index (χ0n) is 36.0. The molecule has 0 bridgehead atoms. The molecule has 0 saturated heterocycles. The van der Waals surface area contributed by atoms with Gasteiger partial charge in [0.05, 0.1) is 25.2 Å². The van der Waals surface area contributed by atoms with Crippen molar-refractivity contribution < 1.29 is 24.5 Å². The Morgan fingerprint density at radius 1 is 0.527 bits per heavy atom. The maximum Gasteiger partial charge on any atom is 0.306 e. The van der Waals surface area contributed by atoms with E-state index in [2.05, 4.69) is 86.8 Å². The molecule has 3 unspecified atom stereocenters. The van der Waals surface area contributed by atoms with Crippen molar-refractivity contribution in [3.8, 4) is 0 Å². The summed E-state index contributed by atoms with van der Waals surface area (Å²) in [7, 11) is 0. The molecule has 0 rings (SSSR count). The number of hydrogen-bond acceptors (Lipinski definition) is 5. The fourth-order valence-electron chi connectivity index (χ4n) is 6.53. The normalized spacial score (nSPS) is 13.9. The van der Waals surface area contributed by atoms with Crippen LogP contribution in [0.1, 0.15) is 213 Å². The zero-order valence-corrected chi connectivity index (χ0v) is 36.0. The van der Waals surface area contributed by atoms with E-state index in [1.54, 1.807) is 0 Å². The highest BCUT2D eigenvalue weighted by atomic mass is 16.5. The molecule has 0 aromatic rings. The molecule has 55 heavy (non-hydrogen) atoms. The number of unbranched alkanes of at least 4 members (excludes halogenated alkanes) is 18. The summed E-state index contributed by atoms with van der Waals surface area (Å²) in [6, 6.07) is -0.715. The van der Waals surface area contributed by atoms with Crippen molar-refractivity contribution in [2.45, 2.75) is 232 Å². The van der Waals surface area contributed by atoms with E-state index in [1.807, 2.05) is 0 Å². The zero-order chi connectivity index (χ0) is 40.3. The third kappa shape index (κ3) is 38.2. The van der Waals surface area contributed by atoms with Crippen molar-refractivity contribution in [2.75, 3.05) is 6.61 Å². The highest BCUT2D eigenvalue weighted by molar-refractivity contribution is 5.77. The van der Waals surface area contributed by atoms with E-state index in [-0.39, 0.29) is 24.9 Å².